The molecule has 0 saturated heterocycles. The number of aliphatic carboxylic acids is 1. The Balaban J connectivity index is 2.76. The van der Waals surface area contributed by atoms with Gasteiger partial charge in [0.2, 0.25) is 5.88 Å². The summed E-state index contributed by atoms with van der Waals surface area (Å²) in [5.41, 5.74) is 0.115. The molecule has 1 atom stereocenters. The summed E-state index contributed by atoms with van der Waals surface area (Å²) in [7, 11) is 2.56. The van der Waals surface area contributed by atoms with Gasteiger partial charge in [-0.15, -0.1) is 0 Å². The Morgan fingerprint density at radius 2 is 2.10 bits per heavy atom. The molecule has 2 N–H and O–H groups in total. The van der Waals surface area contributed by atoms with E-state index in [1.54, 1.807) is 0 Å². The molecule has 1 amide bonds. The molecular weight excluding hydrogens is 280 g/mol. The maximum Gasteiger partial charge on any atom is 0.326 e. The van der Waals surface area contributed by atoms with Crippen LogP contribution in [0.15, 0.2) is 18.3 Å². The van der Waals surface area contributed by atoms with Crippen molar-refractivity contribution >= 4 is 17.8 Å². The van der Waals surface area contributed by atoms with E-state index in [1.165, 1.54) is 32.5 Å². The van der Waals surface area contributed by atoms with E-state index in [1.807, 2.05) is 0 Å². The van der Waals surface area contributed by atoms with Gasteiger partial charge in [-0.05, 0) is 18.6 Å². The van der Waals surface area contributed by atoms with Crippen molar-refractivity contribution in [2.75, 3.05) is 14.2 Å². The van der Waals surface area contributed by atoms with Crippen LogP contribution in [0.3, 0.4) is 0 Å². The number of methoxy groups -OCH3 is 2. The minimum absolute atomic E-state index is 0.0731. The van der Waals surface area contributed by atoms with E-state index < -0.39 is 23.9 Å². The number of nitrogens with zero attached hydrogens (tertiary/aromatic N) is 1. The van der Waals surface area contributed by atoms with Gasteiger partial charge in [-0.2, -0.15) is 0 Å². The minimum atomic E-state index is -1.24. The van der Waals surface area contributed by atoms with Crippen molar-refractivity contribution in [1.29, 1.82) is 0 Å². The fourth-order valence-corrected chi connectivity index (χ4v) is 1.58. The summed E-state index contributed by atoms with van der Waals surface area (Å²) in [5.74, 6) is -2.34. The van der Waals surface area contributed by atoms with Crippen LogP contribution in [0.5, 0.6) is 5.88 Å². The van der Waals surface area contributed by atoms with Crippen molar-refractivity contribution in [3.8, 4) is 5.88 Å². The lowest BCUT2D eigenvalue weighted by molar-refractivity contribution is -0.142. The molecule has 1 aromatic rings. The normalized spacial score (nSPS) is 11.3. The van der Waals surface area contributed by atoms with E-state index in [9.17, 15) is 14.4 Å². The second-order valence-corrected chi connectivity index (χ2v) is 4.04. The monoisotopic (exact) mass is 296 g/mol. The number of hydrogen-bond donors (Lipinski definition) is 2. The van der Waals surface area contributed by atoms with E-state index >= 15 is 0 Å². The third kappa shape index (κ3) is 4.75. The summed E-state index contributed by atoms with van der Waals surface area (Å²) >= 11 is 0. The van der Waals surface area contributed by atoms with Gasteiger partial charge in [-0.25, -0.2) is 9.78 Å². The smallest absolute Gasteiger partial charge is 0.326 e. The largest absolute Gasteiger partial charge is 0.480 e. The van der Waals surface area contributed by atoms with E-state index in [4.69, 9.17) is 9.84 Å². The molecule has 0 radical (unpaired) electrons. The van der Waals surface area contributed by atoms with Gasteiger partial charge in [0.1, 0.15) is 11.6 Å². The molecule has 0 aliphatic carbocycles. The lowest BCUT2D eigenvalue weighted by atomic mass is 10.1. The zero-order valence-electron chi connectivity index (χ0n) is 11.7. The van der Waals surface area contributed by atoms with Crippen LogP contribution in [0.25, 0.3) is 0 Å². The number of aromatic nitrogens is 1. The Labute approximate surface area is 121 Å². The molecule has 0 unspecified atom stereocenters. The van der Waals surface area contributed by atoms with Crippen LogP contribution in [0, 0.1) is 0 Å². The first-order chi connectivity index (χ1) is 9.99. The van der Waals surface area contributed by atoms with Crippen LogP contribution in [-0.2, 0) is 14.3 Å². The maximum atomic E-state index is 12.0. The number of ether oxygens (including phenoxy) is 2. The highest BCUT2D eigenvalue weighted by atomic mass is 16.5. The van der Waals surface area contributed by atoms with Crippen LogP contribution in [-0.4, -0.2) is 48.2 Å². The van der Waals surface area contributed by atoms with Crippen molar-refractivity contribution in [3.63, 3.8) is 0 Å². The van der Waals surface area contributed by atoms with Crippen LogP contribution >= 0.6 is 0 Å². The first-order valence-electron chi connectivity index (χ1n) is 6.09. The van der Waals surface area contributed by atoms with Gasteiger partial charge >= 0.3 is 11.9 Å². The van der Waals surface area contributed by atoms with Crippen molar-refractivity contribution in [3.05, 3.63) is 23.9 Å². The molecule has 0 spiro atoms. The lowest BCUT2D eigenvalue weighted by Gasteiger charge is -2.14. The molecule has 0 aliphatic heterocycles. The van der Waals surface area contributed by atoms with Crippen LogP contribution in [0.4, 0.5) is 0 Å². The van der Waals surface area contributed by atoms with Crippen molar-refractivity contribution in [2.45, 2.75) is 18.9 Å². The zero-order chi connectivity index (χ0) is 15.8. The molecule has 0 saturated carbocycles. The average Bonchev–Trinajstić information content (AvgIpc) is 2.50. The standard InChI is InChI=1S/C13H16N2O6/c1-20-10(16)6-5-9(13(18)19)15-11(17)8-4-3-7-14-12(8)21-2/h3-4,7,9H,5-6H2,1-2H3,(H,15,17)(H,18,19)/t9-/m1/s1. The van der Waals surface area contributed by atoms with Gasteiger partial charge in [-0.3, -0.25) is 9.59 Å². The minimum Gasteiger partial charge on any atom is -0.480 e. The molecular formula is C13H16N2O6. The third-order valence-corrected chi connectivity index (χ3v) is 2.68. The van der Waals surface area contributed by atoms with Gasteiger partial charge in [0.25, 0.3) is 5.91 Å². The molecule has 0 fully saturated rings. The number of rotatable bonds is 7. The summed E-state index contributed by atoms with van der Waals surface area (Å²) in [5, 5.41) is 11.4. The fourth-order valence-electron chi connectivity index (χ4n) is 1.58. The number of amides is 1. The van der Waals surface area contributed by atoms with E-state index in [2.05, 4.69) is 15.0 Å². The molecule has 8 nitrogen and oxygen atoms in total. The second-order valence-electron chi connectivity index (χ2n) is 4.04. The van der Waals surface area contributed by atoms with Crippen LogP contribution < -0.4 is 10.1 Å². The molecule has 21 heavy (non-hydrogen) atoms. The van der Waals surface area contributed by atoms with Crippen molar-refractivity contribution in [1.82, 2.24) is 10.3 Å². The predicted octanol–water partition coefficient (Wildman–Crippen LogP) is 0.226. The number of carbonyl (C=O) groups is 3. The summed E-state index contributed by atoms with van der Waals surface area (Å²) in [6, 6.07) is 1.78. The Bertz CT molecular complexity index is 531. The highest BCUT2D eigenvalue weighted by Crippen LogP contribution is 2.14. The van der Waals surface area contributed by atoms with Gasteiger partial charge in [0.05, 0.1) is 14.2 Å². The van der Waals surface area contributed by atoms with Crippen LogP contribution in [0.1, 0.15) is 23.2 Å². The number of nitrogens with one attached hydrogen (secondary N) is 1. The number of pyridine rings is 1. The quantitative estimate of drug-likeness (QED) is 0.692. The SMILES string of the molecule is COC(=O)CC[C@@H](NC(=O)c1cccnc1OC)C(=O)O. The lowest BCUT2D eigenvalue weighted by Crippen LogP contribution is -2.41. The maximum absolute atomic E-state index is 12.0. The fraction of sp³-hybridized carbons (Fsp3) is 0.385. The Morgan fingerprint density at radius 1 is 1.38 bits per heavy atom. The number of carbonyl (C=O) groups excluding carboxylic acids is 2. The Kier molecular flexibility index (Phi) is 6.12. The zero-order valence-corrected chi connectivity index (χ0v) is 11.7. The third-order valence-electron chi connectivity index (χ3n) is 2.68. The van der Waals surface area contributed by atoms with Gasteiger partial charge in [-0.1, -0.05) is 0 Å². The van der Waals surface area contributed by atoms with Crippen LogP contribution in [0.2, 0.25) is 0 Å². The molecule has 1 heterocycles. The number of hydrogen-bond acceptors (Lipinski definition) is 6. The van der Waals surface area contributed by atoms with Gasteiger partial charge in [0.15, 0.2) is 0 Å². The summed E-state index contributed by atoms with van der Waals surface area (Å²) in [4.78, 5) is 38.0. The number of carboxylic acids is 1. The molecule has 1 rings (SSSR count). The molecule has 1 aromatic heterocycles. The summed E-state index contributed by atoms with van der Waals surface area (Å²) in [6.45, 7) is 0. The number of carboxylic acid groups (broad SMARTS) is 1. The van der Waals surface area contributed by atoms with E-state index in [-0.39, 0.29) is 24.3 Å². The highest BCUT2D eigenvalue weighted by molar-refractivity contribution is 5.98. The Hall–Kier alpha value is -2.64. The van der Waals surface area contributed by atoms with E-state index in [0.29, 0.717) is 0 Å². The van der Waals surface area contributed by atoms with Crippen molar-refractivity contribution < 1.29 is 29.0 Å². The van der Waals surface area contributed by atoms with Gasteiger partial charge in [0, 0.05) is 12.6 Å². The second kappa shape index (κ2) is 7.83. The molecule has 114 valence electrons. The molecule has 0 aliphatic rings. The molecule has 0 aromatic carbocycles. The first-order valence-corrected chi connectivity index (χ1v) is 6.09. The van der Waals surface area contributed by atoms with Gasteiger partial charge < -0.3 is 19.9 Å². The highest BCUT2D eigenvalue weighted by Gasteiger charge is 2.23. The average molecular weight is 296 g/mol. The number of esters is 1. The molecule has 8 heteroatoms. The Morgan fingerprint density at radius 3 is 2.67 bits per heavy atom. The summed E-state index contributed by atoms with van der Waals surface area (Å²) in [6.07, 6.45) is 1.26. The molecule has 0 bridgehead atoms. The predicted molar refractivity (Wildman–Crippen MR) is 70.9 cm³/mol. The first kappa shape index (κ1) is 16.4. The van der Waals surface area contributed by atoms with E-state index in [0.717, 1.165) is 0 Å². The summed E-state index contributed by atoms with van der Waals surface area (Å²) < 4.78 is 9.36. The van der Waals surface area contributed by atoms with Crippen molar-refractivity contribution in [2.24, 2.45) is 0 Å². The topological polar surface area (TPSA) is 115 Å².